The summed E-state index contributed by atoms with van der Waals surface area (Å²) in [5, 5.41) is 8.85. The number of carbonyl (C=O) groups is 1. The first-order valence-corrected chi connectivity index (χ1v) is 6.90. The molecular weight excluding hydrogens is 296 g/mol. The second-order valence-corrected chi connectivity index (χ2v) is 5.54. The van der Waals surface area contributed by atoms with Crippen LogP contribution in [0.5, 0.6) is 0 Å². The van der Waals surface area contributed by atoms with Crippen molar-refractivity contribution in [3.63, 3.8) is 0 Å². The molecule has 112 valence electrons. The quantitative estimate of drug-likeness (QED) is 0.741. The summed E-state index contributed by atoms with van der Waals surface area (Å²) in [5.74, 6) is -0.630. The largest absolute Gasteiger partial charge is 0.465 e. The van der Waals surface area contributed by atoms with Crippen LogP contribution in [0.25, 0.3) is 0 Å². The van der Waals surface area contributed by atoms with Crippen molar-refractivity contribution in [1.82, 2.24) is 4.72 Å². The number of nitrogens with one attached hydrogen (secondary N) is 1. The molecule has 1 aromatic carbocycles. The van der Waals surface area contributed by atoms with Gasteiger partial charge in [0.25, 0.3) is 6.43 Å². The van der Waals surface area contributed by atoms with Gasteiger partial charge in [0, 0.05) is 6.54 Å². The number of ether oxygens (including phenoxy) is 1. The van der Waals surface area contributed by atoms with E-state index in [4.69, 9.17) is 5.11 Å². The van der Waals surface area contributed by atoms with E-state index >= 15 is 0 Å². The van der Waals surface area contributed by atoms with Gasteiger partial charge < -0.3 is 9.84 Å². The average molecular weight is 309 g/mol. The standard InChI is InChI=1S/C11H13F2NO5S/c1-19-11(16)7-2-4-8(5-3-7)20(17,18)14-6-9(15)10(12)13/h2-5,9-10,14-15H,6H2,1H3. The third-order valence-corrected chi connectivity index (χ3v) is 3.80. The van der Waals surface area contributed by atoms with Crippen LogP contribution in [0.3, 0.4) is 0 Å². The van der Waals surface area contributed by atoms with Gasteiger partial charge in [0.05, 0.1) is 17.6 Å². The van der Waals surface area contributed by atoms with Gasteiger partial charge in [-0.25, -0.2) is 26.7 Å². The van der Waals surface area contributed by atoms with E-state index in [2.05, 4.69) is 4.74 Å². The van der Waals surface area contributed by atoms with Crippen molar-refractivity contribution in [2.24, 2.45) is 0 Å². The van der Waals surface area contributed by atoms with Crippen LogP contribution in [-0.2, 0) is 14.8 Å². The molecule has 1 rings (SSSR count). The summed E-state index contributed by atoms with van der Waals surface area (Å²) in [4.78, 5) is 10.9. The van der Waals surface area contributed by atoms with Crippen LogP contribution in [-0.4, -0.2) is 45.7 Å². The maximum atomic E-state index is 12.1. The SMILES string of the molecule is COC(=O)c1ccc(S(=O)(=O)NCC(O)C(F)F)cc1. The highest BCUT2D eigenvalue weighted by atomic mass is 32.2. The fraction of sp³-hybridized carbons (Fsp3) is 0.364. The van der Waals surface area contributed by atoms with E-state index in [1.807, 2.05) is 4.72 Å². The first-order valence-electron chi connectivity index (χ1n) is 5.42. The molecule has 1 aromatic rings. The van der Waals surface area contributed by atoms with Crippen molar-refractivity contribution in [3.05, 3.63) is 29.8 Å². The molecule has 0 saturated heterocycles. The maximum Gasteiger partial charge on any atom is 0.337 e. The highest BCUT2D eigenvalue weighted by molar-refractivity contribution is 7.89. The van der Waals surface area contributed by atoms with Crippen molar-refractivity contribution in [2.45, 2.75) is 17.4 Å². The second kappa shape index (κ2) is 6.73. The molecular formula is C11H13F2NO5S. The fourth-order valence-electron chi connectivity index (χ4n) is 1.26. The van der Waals surface area contributed by atoms with Crippen molar-refractivity contribution in [3.8, 4) is 0 Å². The summed E-state index contributed by atoms with van der Waals surface area (Å²) in [5.41, 5.74) is 0.152. The third-order valence-electron chi connectivity index (χ3n) is 2.36. The Hall–Kier alpha value is -1.58. The van der Waals surface area contributed by atoms with E-state index in [1.165, 1.54) is 19.2 Å². The topological polar surface area (TPSA) is 92.7 Å². The monoisotopic (exact) mass is 309 g/mol. The summed E-state index contributed by atoms with van der Waals surface area (Å²) in [6, 6.07) is 4.71. The van der Waals surface area contributed by atoms with E-state index in [0.717, 1.165) is 12.1 Å². The van der Waals surface area contributed by atoms with Gasteiger partial charge >= 0.3 is 5.97 Å². The number of alkyl halides is 2. The van der Waals surface area contributed by atoms with Crippen LogP contribution in [0.1, 0.15) is 10.4 Å². The predicted molar refractivity (Wildman–Crippen MR) is 65.0 cm³/mol. The van der Waals surface area contributed by atoms with E-state index in [1.54, 1.807) is 0 Å². The molecule has 1 unspecified atom stereocenters. The Morgan fingerprint density at radius 1 is 1.35 bits per heavy atom. The molecule has 2 N–H and O–H groups in total. The van der Waals surface area contributed by atoms with E-state index < -0.39 is 35.1 Å². The lowest BCUT2D eigenvalue weighted by Gasteiger charge is -2.11. The number of aliphatic hydroxyl groups excluding tert-OH is 1. The number of rotatable bonds is 6. The minimum Gasteiger partial charge on any atom is -0.465 e. The maximum absolute atomic E-state index is 12.1. The molecule has 0 bridgehead atoms. The smallest absolute Gasteiger partial charge is 0.337 e. The van der Waals surface area contributed by atoms with E-state index in [-0.39, 0.29) is 10.5 Å². The van der Waals surface area contributed by atoms with Gasteiger partial charge in [-0.05, 0) is 24.3 Å². The van der Waals surface area contributed by atoms with Crippen LogP contribution in [0, 0.1) is 0 Å². The molecule has 0 fully saturated rings. The van der Waals surface area contributed by atoms with E-state index in [0.29, 0.717) is 0 Å². The summed E-state index contributed by atoms with van der Waals surface area (Å²) in [6.45, 7) is -0.807. The lowest BCUT2D eigenvalue weighted by atomic mass is 10.2. The summed E-state index contributed by atoms with van der Waals surface area (Å²) in [7, 11) is -2.85. The Kier molecular flexibility index (Phi) is 5.54. The number of carbonyl (C=O) groups excluding carboxylic acids is 1. The van der Waals surface area contributed by atoms with Gasteiger partial charge in [-0.15, -0.1) is 0 Å². The Labute approximate surface area is 114 Å². The predicted octanol–water partition coefficient (Wildman–Crippen LogP) is 0.377. The minimum absolute atomic E-state index is 0.152. The van der Waals surface area contributed by atoms with Crippen molar-refractivity contribution < 1.29 is 31.8 Å². The Morgan fingerprint density at radius 3 is 2.35 bits per heavy atom. The van der Waals surface area contributed by atoms with Crippen LogP contribution >= 0.6 is 0 Å². The summed E-state index contributed by atoms with van der Waals surface area (Å²) in [6.07, 6.45) is -5.13. The van der Waals surface area contributed by atoms with Crippen LogP contribution in [0.4, 0.5) is 8.78 Å². The molecule has 0 spiro atoms. The van der Waals surface area contributed by atoms with Gasteiger partial charge in [0.15, 0.2) is 0 Å². The Morgan fingerprint density at radius 2 is 1.90 bits per heavy atom. The summed E-state index contributed by atoms with van der Waals surface area (Å²) < 4.78 is 53.8. The zero-order chi connectivity index (χ0) is 15.3. The van der Waals surface area contributed by atoms with Crippen LogP contribution in [0.2, 0.25) is 0 Å². The van der Waals surface area contributed by atoms with E-state index in [9.17, 15) is 22.0 Å². The number of hydrogen-bond donors (Lipinski definition) is 2. The van der Waals surface area contributed by atoms with Crippen LogP contribution in [0.15, 0.2) is 29.2 Å². The number of hydrogen-bond acceptors (Lipinski definition) is 5. The molecule has 9 heteroatoms. The fourth-order valence-corrected chi connectivity index (χ4v) is 2.31. The average Bonchev–Trinajstić information content (AvgIpc) is 2.44. The lowest BCUT2D eigenvalue weighted by molar-refractivity contribution is -0.000452. The number of halogens is 2. The Balaban J connectivity index is 2.80. The molecule has 0 aliphatic rings. The number of methoxy groups -OCH3 is 1. The van der Waals surface area contributed by atoms with Gasteiger partial charge in [-0.2, -0.15) is 0 Å². The summed E-state index contributed by atoms with van der Waals surface area (Å²) >= 11 is 0. The highest BCUT2D eigenvalue weighted by Crippen LogP contribution is 2.11. The number of sulfonamides is 1. The van der Waals surface area contributed by atoms with Crippen molar-refractivity contribution in [1.29, 1.82) is 0 Å². The molecule has 20 heavy (non-hydrogen) atoms. The zero-order valence-electron chi connectivity index (χ0n) is 10.4. The van der Waals surface area contributed by atoms with Crippen molar-refractivity contribution in [2.75, 3.05) is 13.7 Å². The molecule has 0 aromatic heterocycles. The molecule has 6 nitrogen and oxygen atoms in total. The second-order valence-electron chi connectivity index (χ2n) is 3.77. The third kappa shape index (κ3) is 4.22. The van der Waals surface area contributed by atoms with Crippen LogP contribution < -0.4 is 4.72 Å². The molecule has 0 aliphatic carbocycles. The Bertz CT molecular complexity index is 559. The molecule has 1 atom stereocenters. The first kappa shape index (κ1) is 16.5. The lowest BCUT2D eigenvalue weighted by Crippen LogP contribution is -2.35. The van der Waals surface area contributed by atoms with Gasteiger partial charge in [-0.1, -0.05) is 0 Å². The minimum atomic E-state index is -4.03. The number of benzene rings is 1. The van der Waals surface area contributed by atoms with Gasteiger partial charge in [-0.3, -0.25) is 0 Å². The van der Waals surface area contributed by atoms with Crippen molar-refractivity contribution >= 4 is 16.0 Å². The molecule has 0 amide bonds. The molecule has 0 heterocycles. The number of esters is 1. The first-order chi connectivity index (χ1) is 9.27. The van der Waals surface area contributed by atoms with Gasteiger partial charge in [0.2, 0.25) is 10.0 Å². The molecule has 0 aliphatic heterocycles. The molecule has 0 saturated carbocycles. The zero-order valence-corrected chi connectivity index (χ0v) is 11.2. The number of aliphatic hydroxyl groups is 1. The normalized spacial score (nSPS) is 13.2. The highest BCUT2D eigenvalue weighted by Gasteiger charge is 2.21. The molecule has 0 radical (unpaired) electrons. The van der Waals surface area contributed by atoms with Gasteiger partial charge in [0.1, 0.15) is 6.10 Å².